The molecule has 7 atom stereocenters. The van der Waals surface area contributed by atoms with Crippen molar-refractivity contribution in [3.63, 3.8) is 0 Å². The third kappa shape index (κ3) is 4.18. The minimum Gasteiger partial charge on any atom is -0.375 e. The van der Waals surface area contributed by atoms with E-state index in [9.17, 15) is 0 Å². The minimum absolute atomic E-state index is 0.308. The van der Waals surface area contributed by atoms with E-state index in [0.717, 1.165) is 32.5 Å². The molecule has 4 N–H and O–H groups in total. The van der Waals surface area contributed by atoms with Crippen LogP contribution in [0, 0.1) is 5.92 Å². The molecule has 144 valence electrons. The quantitative estimate of drug-likeness (QED) is 0.488. The lowest BCUT2D eigenvalue weighted by Crippen LogP contribution is -2.50. The van der Waals surface area contributed by atoms with Crippen LogP contribution < -0.4 is 21.5 Å². The predicted octanol–water partition coefficient (Wildman–Crippen LogP) is -0.00760. The van der Waals surface area contributed by atoms with Crippen LogP contribution in [0.2, 0.25) is 0 Å². The van der Waals surface area contributed by atoms with Crippen molar-refractivity contribution in [2.45, 2.75) is 75.5 Å². The summed E-state index contributed by atoms with van der Waals surface area (Å²) in [4.78, 5) is 2.44. The van der Waals surface area contributed by atoms with Gasteiger partial charge in [-0.15, -0.1) is 0 Å². The van der Waals surface area contributed by atoms with Gasteiger partial charge in [0, 0.05) is 24.7 Å². The molecule has 0 aromatic carbocycles. The van der Waals surface area contributed by atoms with E-state index in [2.05, 4.69) is 40.4 Å². The lowest BCUT2D eigenvalue weighted by Gasteiger charge is -2.36. The number of likely N-dealkylation sites (N-methyl/N-ethyl adjacent to an activating group) is 1. The molecule has 4 aliphatic rings. The third-order valence-electron chi connectivity index (χ3n) is 6.50. The number of rotatable bonds is 0. The van der Waals surface area contributed by atoms with Crippen LogP contribution in [0.25, 0.3) is 0 Å². The molecule has 7 nitrogen and oxygen atoms in total. The summed E-state index contributed by atoms with van der Waals surface area (Å²) in [5.74, 6) is 0.651. The molecule has 6 unspecified atom stereocenters. The van der Waals surface area contributed by atoms with E-state index in [1.165, 1.54) is 19.3 Å². The third-order valence-corrected chi connectivity index (χ3v) is 6.50. The Morgan fingerprint density at radius 3 is 2.88 bits per heavy atom. The molecule has 1 saturated carbocycles. The maximum atomic E-state index is 6.38. The van der Waals surface area contributed by atoms with Gasteiger partial charge in [0.15, 0.2) is 0 Å². The Kier molecular flexibility index (Phi) is 5.91. The van der Waals surface area contributed by atoms with Crippen molar-refractivity contribution in [1.29, 1.82) is 0 Å². The van der Waals surface area contributed by atoms with Crippen LogP contribution in [0.15, 0.2) is 0 Å². The Labute approximate surface area is 151 Å². The molecule has 7 heteroatoms. The van der Waals surface area contributed by atoms with E-state index in [-0.39, 0.29) is 0 Å². The number of nitrogens with zero attached hydrogens (tertiary/aromatic N) is 1. The summed E-state index contributed by atoms with van der Waals surface area (Å²) < 4.78 is 12.1. The second-order valence-electron chi connectivity index (χ2n) is 8.33. The van der Waals surface area contributed by atoms with E-state index in [4.69, 9.17) is 9.47 Å². The van der Waals surface area contributed by atoms with Crippen LogP contribution in [0.5, 0.6) is 0 Å². The first kappa shape index (κ1) is 18.1. The van der Waals surface area contributed by atoms with E-state index >= 15 is 0 Å². The Hall–Kier alpha value is -0.280. The van der Waals surface area contributed by atoms with Gasteiger partial charge in [0.1, 0.15) is 0 Å². The van der Waals surface area contributed by atoms with Gasteiger partial charge >= 0.3 is 0 Å². The second-order valence-corrected chi connectivity index (χ2v) is 8.33. The molecule has 3 saturated heterocycles. The van der Waals surface area contributed by atoms with Gasteiger partial charge in [0.25, 0.3) is 0 Å². The topological polar surface area (TPSA) is 69.8 Å². The highest BCUT2D eigenvalue weighted by atomic mass is 16.5. The zero-order chi connectivity index (χ0) is 17.2. The van der Waals surface area contributed by atoms with Crippen molar-refractivity contribution in [2.24, 2.45) is 5.92 Å². The molecule has 1 aliphatic carbocycles. The molecule has 25 heavy (non-hydrogen) atoms. The van der Waals surface area contributed by atoms with Gasteiger partial charge in [0.2, 0.25) is 0 Å². The van der Waals surface area contributed by atoms with Gasteiger partial charge in [0.05, 0.1) is 31.7 Å². The molecule has 4 bridgehead atoms. The van der Waals surface area contributed by atoms with Crippen molar-refractivity contribution in [2.75, 3.05) is 33.5 Å². The highest BCUT2D eigenvalue weighted by Gasteiger charge is 2.46. The summed E-state index contributed by atoms with van der Waals surface area (Å²) in [6.45, 7) is 5.67. The average Bonchev–Trinajstić information content (AvgIpc) is 3.16. The number of ether oxygens (including phenoxy) is 2. The summed E-state index contributed by atoms with van der Waals surface area (Å²) in [6.07, 6.45) is 6.75. The van der Waals surface area contributed by atoms with Crippen molar-refractivity contribution >= 4 is 0 Å². The lowest BCUT2D eigenvalue weighted by atomic mass is 9.78. The maximum Gasteiger partial charge on any atom is 0.0965 e. The van der Waals surface area contributed by atoms with Crippen LogP contribution in [-0.4, -0.2) is 74.9 Å². The molecule has 3 heterocycles. The number of hydrogen-bond donors (Lipinski definition) is 4. The maximum absolute atomic E-state index is 6.38. The highest BCUT2D eigenvalue weighted by molar-refractivity contribution is 5.04. The van der Waals surface area contributed by atoms with Crippen LogP contribution in [0.4, 0.5) is 0 Å². The second kappa shape index (κ2) is 8.17. The molecular weight excluding hydrogens is 318 g/mol. The SMILES string of the molecule is C[C@@H]1CCNCOCCC2NC(CN2C)C2NNC3CCC(CC32)O1. The first-order valence-electron chi connectivity index (χ1n) is 10.1. The zero-order valence-electron chi connectivity index (χ0n) is 15.7. The van der Waals surface area contributed by atoms with Crippen LogP contribution in [0.1, 0.15) is 39.0 Å². The number of nitrogens with one attached hydrogen (secondary N) is 4. The largest absolute Gasteiger partial charge is 0.375 e. The average molecular weight is 354 g/mol. The smallest absolute Gasteiger partial charge is 0.0965 e. The predicted molar refractivity (Wildman–Crippen MR) is 96.9 cm³/mol. The van der Waals surface area contributed by atoms with Crippen molar-refractivity contribution in [3.8, 4) is 0 Å². The Balaban J connectivity index is 1.45. The number of hydrogen-bond acceptors (Lipinski definition) is 7. The van der Waals surface area contributed by atoms with E-state index < -0.39 is 0 Å². The number of fused-ring (bicyclic) bond motifs is 4. The van der Waals surface area contributed by atoms with Gasteiger partial charge in [-0.25, -0.2) is 0 Å². The molecule has 0 spiro atoms. The van der Waals surface area contributed by atoms with Gasteiger partial charge in [-0.1, -0.05) is 0 Å². The van der Waals surface area contributed by atoms with E-state index in [1.807, 2.05) is 0 Å². The molecule has 4 rings (SSSR count). The van der Waals surface area contributed by atoms with Gasteiger partial charge < -0.3 is 9.47 Å². The first-order chi connectivity index (χ1) is 12.2. The fourth-order valence-corrected chi connectivity index (χ4v) is 5.07. The van der Waals surface area contributed by atoms with Crippen molar-refractivity contribution in [3.05, 3.63) is 0 Å². The highest BCUT2D eigenvalue weighted by Crippen LogP contribution is 2.34. The van der Waals surface area contributed by atoms with Crippen LogP contribution in [0.3, 0.4) is 0 Å². The molecule has 4 fully saturated rings. The summed E-state index contributed by atoms with van der Waals surface area (Å²) >= 11 is 0. The zero-order valence-corrected chi connectivity index (χ0v) is 15.7. The molecule has 0 radical (unpaired) electrons. The summed E-state index contributed by atoms with van der Waals surface area (Å²) in [5.41, 5.74) is 7.18. The van der Waals surface area contributed by atoms with Gasteiger partial charge in [-0.2, -0.15) is 0 Å². The van der Waals surface area contributed by atoms with E-state index in [0.29, 0.717) is 49.1 Å². The van der Waals surface area contributed by atoms with Crippen molar-refractivity contribution < 1.29 is 9.47 Å². The first-order valence-corrected chi connectivity index (χ1v) is 10.1. The molecular formula is C18H35N5O2. The van der Waals surface area contributed by atoms with Gasteiger partial charge in [-0.05, 0) is 58.5 Å². The molecule has 0 aromatic rings. The summed E-state index contributed by atoms with van der Waals surface area (Å²) in [7, 11) is 2.22. The van der Waals surface area contributed by atoms with Crippen molar-refractivity contribution in [1.82, 2.24) is 26.4 Å². The monoisotopic (exact) mass is 353 g/mol. The standard InChI is InChI=1S/C18H35N5O2/c1-12-5-7-19-11-24-8-6-17-20-16(10-23(17)2)18-14-9-13(25-12)3-4-15(14)21-22-18/h12-22H,3-11H2,1-2H3/t12-,13?,14?,15?,16?,17?,18?/m1/s1. The lowest BCUT2D eigenvalue weighted by molar-refractivity contribution is -0.0396. The summed E-state index contributed by atoms with van der Waals surface area (Å²) in [6, 6.07) is 1.56. The fraction of sp³-hybridized carbons (Fsp3) is 1.00. The Morgan fingerprint density at radius 1 is 1.04 bits per heavy atom. The summed E-state index contributed by atoms with van der Waals surface area (Å²) in [5, 5.41) is 7.22. The Bertz CT molecular complexity index is 440. The number of hydrazine groups is 1. The van der Waals surface area contributed by atoms with Gasteiger partial charge in [-0.3, -0.25) is 26.4 Å². The Morgan fingerprint density at radius 2 is 1.96 bits per heavy atom. The minimum atomic E-state index is 0.308. The van der Waals surface area contributed by atoms with Crippen LogP contribution in [-0.2, 0) is 9.47 Å². The molecule has 3 aliphatic heterocycles. The molecule has 0 amide bonds. The van der Waals surface area contributed by atoms with E-state index in [1.54, 1.807) is 0 Å². The fourth-order valence-electron chi connectivity index (χ4n) is 5.07. The van der Waals surface area contributed by atoms with Crippen LogP contribution >= 0.6 is 0 Å². The molecule has 0 aromatic heterocycles. The normalized spacial score (nSPS) is 47.0.